The minimum atomic E-state index is -1.69. The highest BCUT2D eigenvalue weighted by Crippen LogP contribution is 2.68. The van der Waals surface area contributed by atoms with E-state index in [1.807, 2.05) is 20.8 Å². The molecule has 7 fully saturated rings. The first-order valence-electron chi connectivity index (χ1n) is 25.3. The van der Waals surface area contributed by atoms with Crippen LogP contribution in [0.5, 0.6) is 0 Å². The van der Waals surface area contributed by atoms with Gasteiger partial charge in [0.1, 0.15) is 66.8 Å². The van der Waals surface area contributed by atoms with Crippen molar-refractivity contribution in [1.82, 2.24) is 5.32 Å². The zero-order valence-electron chi connectivity index (χ0n) is 40.5. The molecule has 0 aromatic carbocycles. The SMILES string of the molecule is CC(C)CC(=O)NCC(C)CCC(=O)C(C)C1C(O)CC2C3CCC4CC(OC5OC(COC6OC(C)C(O)C(O)C6O)C(O)C(O)C5OC5OCC(O)C(O)C5O)CCC4(C)C3CCC21C. The van der Waals surface area contributed by atoms with Gasteiger partial charge in [0.2, 0.25) is 5.91 Å². The maximum Gasteiger partial charge on any atom is 0.220 e. The Morgan fingerprint density at radius 3 is 2.13 bits per heavy atom. The smallest absolute Gasteiger partial charge is 0.220 e. The molecule has 18 nitrogen and oxygen atoms in total. The number of hydrogen-bond acceptors (Lipinski definition) is 17. The molecule has 67 heavy (non-hydrogen) atoms. The van der Waals surface area contributed by atoms with Crippen molar-refractivity contribution in [2.75, 3.05) is 19.8 Å². The second-order valence-corrected chi connectivity index (χ2v) is 22.8. The molecular formula is C49H83NO17. The lowest BCUT2D eigenvalue weighted by Gasteiger charge is -2.61. The monoisotopic (exact) mass is 958 g/mol. The molecule has 0 spiro atoms. The van der Waals surface area contributed by atoms with E-state index in [0.29, 0.717) is 56.9 Å². The largest absolute Gasteiger partial charge is 0.393 e. The van der Waals surface area contributed by atoms with Crippen LogP contribution in [0.15, 0.2) is 0 Å². The van der Waals surface area contributed by atoms with Crippen molar-refractivity contribution in [2.24, 2.45) is 58.2 Å². The van der Waals surface area contributed by atoms with Crippen LogP contribution < -0.4 is 5.32 Å². The van der Waals surface area contributed by atoms with Crippen molar-refractivity contribution in [3.63, 3.8) is 0 Å². The summed E-state index contributed by atoms with van der Waals surface area (Å²) in [5, 5.41) is 99.8. The standard InChI is InChI=1S/C49H83NO17/c1-22(2)16-35(54)50-19-23(3)8-11-31(51)24(4)36-32(52)18-30-28-10-9-26-17-27(12-14-48(26,6)29(28)13-15-49(30,36)7)65-47-44(67-46-42(60)38(56)33(53)20-62-46)41(59)39(57)34(66-47)21-63-45-43(61)40(58)37(55)25(5)64-45/h22-30,32-34,36-47,52-53,55-61H,8-21H2,1-7H3,(H,50,54). The zero-order chi connectivity index (χ0) is 48.9. The van der Waals surface area contributed by atoms with Gasteiger partial charge in [-0.15, -0.1) is 0 Å². The van der Waals surface area contributed by atoms with E-state index in [9.17, 15) is 55.5 Å². The highest BCUT2D eigenvalue weighted by Gasteiger charge is 2.64. The first kappa shape index (κ1) is 53.3. The number of carbonyl (C=O) groups excluding carboxylic acids is 2. The summed E-state index contributed by atoms with van der Waals surface area (Å²) in [6, 6.07) is 0. The maximum atomic E-state index is 13.8. The van der Waals surface area contributed by atoms with E-state index in [4.69, 9.17) is 28.4 Å². The van der Waals surface area contributed by atoms with Gasteiger partial charge in [0.15, 0.2) is 18.9 Å². The van der Waals surface area contributed by atoms with Gasteiger partial charge in [0.05, 0.1) is 31.5 Å². The van der Waals surface area contributed by atoms with Gasteiger partial charge in [-0.05, 0) is 117 Å². The molecule has 18 heteroatoms. The molecule has 1 amide bonds. The summed E-state index contributed by atoms with van der Waals surface area (Å²) in [6.45, 7) is 14.1. The van der Waals surface area contributed by atoms with Gasteiger partial charge < -0.3 is 79.7 Å². The topological polar surface area (TPSA) is 284 Å². The Morgan fingerprint density at radius 1 is 0.716 bits per heavy atom. The van der Waals surface area contributed by atoms with E-state index < -0.39 is 98.7 Å². The molecule has 0 bridgehead atoms. The molecule has 3 aliphatic heterocycles. The first-order valence-corrected chi connectivity index (χ1v) is 25.3. The summed E-state index contributed by atoms with van der Waals surface area (Å²) in [6.07, 6.45) is -12.9. The van der Waals surface area contributed by atoms with Gasteiger partial charge in [-0.25, -0.2) is 0 Å². The number of rotatable bonds is 16. The van der Waals surface area contributed by atoms with E-state index >= 15 is 0 Å². The highest BCUT2D eigenvalue weighted by molar-refractivity contribution is 5.81. The van der Waals surface area contributed by atoms with E-state index in [2.05, 4.69) is 26.1 Å². The van der Waals surface area contributed by atoms with Crippen molar-refractivity contribution in [1.29, 1.82) is 0 Å². The predicted octanol–water partition coefficient (Wildman–Crippen LogP) is 0.900. The summed E-state index contributed by atoms with van der Waals surface area (Å²) in [5.74, 6) is 1.68. The van der Waals surface area contributed by atoms with Crippen molar-refractivity contribution >= 4 is 11.7 Å². The number of ketones is 1. The molecule has 3 heterocycles. The van der Waals surface area contributed by atoms with Crippen LogP contribution in [0.4, 0.5) is 0 Å². The Balaban J connectivity index is 0.991. The number of hydrogen-bond donors (Lipinski definition) is 10. The van der Waals surface area contributed by atoms with Crippen molar-refractivity contribution in [3.8, 4) is 0 Å². The van der Waals surface area contributed by atoms with Gasteiger partial charge in [-0.3, -0.25) is 9.59 Å². The molecule has 3 saturated heterocycles. The molecule has 0 aromatic rings. The average molecular weight is 958 g/mol. The summed E-state index contributed by atoms with van der Waals surface area (Å²) in [4.78, 5) is 26.0. The molecule has 4 aliphatic carbocycles. The minimum Gasteiger partial charge on any atom is -0.393 e. The summed E-state index contributed by atoms with van der Waals surface area (Å²) >= 11 is 0. The predicted molar refractivity (Wildman–Crippen MR) is 238 cm³/mol. The lowest BCUT2D eigenvalue weighted by molar-refractivity contribution is -0.370. The summed E-state index contributed by atoms with van der Waals surface area (Å²) in [5.41, 5.74) is -0.184. The molecule has 4 saturated carbocycles. The minimum absolute atomic E-state index is 0.0160. The van der Waals surface area contributed by atoms with Gasteiger partial charge in [-0.2, -0.15) is 0 Å². The Morgan fingerprint density at radius 2 is 1.42 bits per heavy atom. The van der Waals surface area contributed by atoms with E-state index in [-0.39, 0.29) is 70.7 Å². The van der Waals surface area contributed by atoms with Crippen molar-refractivity contribution in [2.45, 2.75) is 217 Å². The fourth-order valence-electron chi connectivity index (χ4n) is 13.8. The number of carbonyl (C=O) groups is 2. The number of amides is 1. The van der Waals surface area contributed by atoms with Crippen LogP contribution >= 0.6 is 0 Å². The Bertz CT molecular complexity index is 1660. The van der Waals surface area contributed by atoms with Gasteiger partial charge in [-0.1, -0.05) is 41.5 Å². The zero-order valence-corrected chi connectivity index (χ0v) is 40.5. The first-order chi connectivity index (χ1) is 31.5. The molecule has 25 unspecified atom stereocenters. The molecular weight excluding hydrogens is 875 g/mol. The van der Waals surface area contributed by atoms with Crippen LogP contribution in [-0.4, -0.2) is 176 Å². The maximum absolute atomic E-state index is 13.8. The Labute approximate surface area is 395 Å². The Hall–Kier alpha value is -1.46. The molecule has 25 atom stereocenters. The van der Waals surface area contributed by atoms with E-state index in [1.165, 1.54) is 6.92 Å². The van der Waals surface area contributed by atoms with Crippen LogP contribution in [0.2, 0.25) is 0 Å². The van der Waals surface area contributed by atoms with Crippen molar-refractivity contribution in [3.05, 3.63) is 0 Å². The lowest BCUT2D eigenvalue weighted by Crippen LogP contribution is -2.64. The Kier molecular flexibility index (Phi) is 17.3. The second kappa shape index (κ2) is 21.7. The summed E-state index contributed by atoms with van der Waals surface area (Å²) in [7, 11) is 0. The van der Waals surface area contributed by atoms with Gasteiger partial charge >= 0.3 is 0 Å². The van der Waals surface area contributed by atoms with Crippen LogP contribution in [0, 0.1) is 58.2 Å². The van der Waals surface area contributed by atoms with Crippen LogP contribution in [0.3, 0.4) is 0 Å². The molecule has 0 radical (unpaired) electrons. The normalized spacial score (nSPS) is 48.8. The molecule has 0 aromatic heterocycles. The quantitative estimate of drug-likeness (QED) is 0.0963. The third kappa shape index (κ3) is 11.0. The summed E-state index contributed by atoms with van der Waals surface area (Å²) < 4.78 is 35.8. The second-order valence-electron chi connectivity index (χ2n) is 22.8. The number of ether oxygens (including phenoxy) is 6. The average Bonchev–Trinajstić information content (AvgIpc) is 3.56. The van der Waals surface area contributed by atoms with Gasteiger partial charge in [0.25, 0.3) is 0 Å². The third-order valence-electron chi connectivity index (χ3n) is 17.8. The number of Topliss-reactive ketones (excluding diaryl/α,β-unsaturated/α-hetero) is 1. The van der Waals surface area contributed by atoms with Gasteiger partial charge in [0, 0.05) is 25.3 Å². The molecule has 386 valence electrons. The number of nitrogens with one attached hydrogen (secondary N) is 1. The number of fused-ring (bicyclic) bond motifs is 5. The third-order valence-corrected chi connectivity index (χ3v) is 17.8. The fraction of sp³-hybridized carbons (Fsp3) is 0.959. The number of aliphatic hydroxyl groups excluding tert-OH is 9. The molecule has 7 rings (SSSR count). The molecule has 7 aliphatic rings. The lowest BCUT2D eigenvalue weighted by atomic mass is 9.44. The fourth-order valence-corrected chi connectivity index (χ4v) is 13.8. The van der Waals surface area contributed by atoms with Crippen LogP contribution in [0.25, 0.3) is 0 Å². The van der Waals surface area contributed by atoms with E-state index in [1.54, 1.807) is 0 Å². The number of aliphatic hydroxyl groups is 9. The van der Waals surface area contributed by atoms with Crippen molar-refractivity contribution < 1.29 is 84.0 Å². The van der Waals surface area contributed by atoms with Crippen LogP contribution in [-0.2, 0) is 38.0 Å². The molecule has 10 N–H and O–H groups in total. The van der Waals surface area contributed by atoms with Crippen LogP contribution in [0.1, 0.15) is 119 Å². The van der Waals surface area contributed by atoms with E-state index in [0.717, 1.165) is 32.1 Å². The highest BCUT2D eigenvalue weighted by atomic mass is 16.8.